The molecule has 0 atom stereocenters. The van der Waals surface area contributed by atoms with Crippen LogP contribution in [-0.4, -0.2) is 16.5 Å². The van der Waals surface area contributed by atoms with Crippen LogP contribution in [0.3, 0.4) is 0 Å². The molecule has 0 saturated carbocycles. The lowest BCUT2D eigenvalue weighted by Gasteiger charge is -2.33. The van der Waals surface area contributed by atoms with Gasteiger partial charge >= 0.3 is 0 Å². The van der Waals surface area contributed by atoms with Gasteiger partial charge in [-0.2, -0.15) is 0 Å². The maximum atomic E-state index is 10.0. The number of rotatable bonds is 3. The van der Waals surface area contributed by atoms with Crippen LogP contribution in [0.1, 0.15) is 18.1 Å². The molecule has 2 aromatic carbocycles. The fraction of sp³-hybridized carbons (Fsp3) is 0.200. The molecule has 2 nitrogen and oxygen atoms in total. The highest BCUT2D eigenvalue weighted by molar-refractivity contribution is 9.11. The molecule has 112 valence electrons. The van der Waals surface area contributed by atoms with Crippen LogP contribution in [0.25, 0.3) is 0 Å². The highest BCUT2D eigenvalue weighted by Gasteiger charge is 2.36. The van der Waals surface area contributed by atoms with Crippen LogP contribution in [0, 0.1) is 0 Å². The van der Waals surface area contributed by atoms with Gasteiger partial charge in [0.25, 0.3) is 0 Å². The van der Waals surface area contributed by atoms with Gasteiger partial charge in [-0.15, -0.1) is 0 Å². The summed E-state index contributed by atoms with van der Waals surface area (Å²) < 4.78 is 3.47. The molecular formula is C15H12Br4O2. The third kappa shape index (κ3) is 3.79. The molecule has 0 bridgehead atoms. The number of benzene rings is 2. The van der Waals surface area contributed by atoms with Crippen LogP contribution in [0.4, 0.5) is 0 Å². The van der Waals surface area contributed by atoms with E-state index in [1.807, 2.05) is 36.4 Å². The Balaban J connectivity index is 2.70. The van der Waals surface area contributed by atoms with Crippen molar-refractivity contribution in [3.05, 3.63) is 65.4 Å². The van der Waals surface area contributed by atoms with E-state index in [-0.39, 0.29) is 0 Å². The summed E-state index contributed by atoms with van der Waals surface area (Å²) in [4.78, 5) is 0. The zero-order valence-electron chi connectivity index (χ0n) is 10.9. The second-order valence-electron chi connectivity index (χ2n) is 4.89. The third-order valence-corrected chi connectivity index (χ3v) is 5.27. The number of aliphatic hydroxyl groups is 2. The van der Waals surface area contributed by atoms with Gasteiger partial charge in [0.1, 0.15) is 0 Å². The molecule has 0 aliphatic carbocycles. The molecular weight excluding hydrogens is 532 g/mol. The van der Waals surface area contributed by atoms with Crippen molar-refractivity contribution in [3.63, 3.8) is 0 Å². The Morgan fingerprint density at radius 3 is 1.24 bits per heavy atom. The van der Waals surface area contributed by atoms with Crippen LogP contribution < -0.4 is 0 Å². The van der Waals surface area contributed by atoms with E-state index in [1.54, 1.807) is 6.92 Å². The Kier molecular flexibility index (Phi) is 5.71. The Bertz CT molecular complexity index is 579. The first-order valence-corrected chi connectivity index (χ1v) is 9.20. The number of hydrogen-bond acceptors (Lipinski definition) is 2. The van der Waals surface area contributed by atoms with Gasteiger partial charge in [0.05, 0.1) is 5.41 Å². The van der Waals surface area contributed by atoms with E-state index in [2.05, 4.69) is 63.7 Å². The van der Waals surface area contributed by atoms with Crippen molar-refractivity contribution in [2.45, 2.75) is 18.6 Å². The highest BCUT2D eigenvalue weighted by atomic mass is 79.9. The Morgan fingerprint density at radius 1 is 0.714 bits per heavy atom. The largest absolute Gasteiger partial charge is 0.367 e. The van der Waals surface area contributed by atoms with E-state index in [9.17, 15) is 10.2 Å². The van der Waals surface area contributed by atoms with Gasteiger partial charge in [-0.3, -0.25) is 0 Å². The molecule has 6 heteroatoms. The van der Waals surface area contributed by atoms with Crippen molar-refractivity contribution in [3.8, 4) is 0 Å². The van der Waals surface area contributed by atoms with Crippen LogP contribution >= 0.6 is 63.7 Å². The minimum Gasteiger partial charge on any atom is -0.367 e. The first-order valence-electron chi connectivity index (χ1n) is 6.03. The topological polar surface area (TPSA) is 40.5 Å². The van der Waals surface area contributed by atoms with Crippen LogP contribution in [0.15, 0.2) is 54.3 Å². The van der Waals surface area contributed by atoms with E-state index in [4.69, 9.17) is 0 Å². The van der Waals surface area contributed by atoms with Crippen molar-refractivity contribution in [2.75, 3.05) is 0 Å². The summed E-state index contributed by atoms with van der Waals surface area (Å²) in [6, 6.07) is 11.4. The van der Waals surface area contributed by atoms with Gasteiger partial charge < -0.3 is 10.2 Å². The monoisotopic (exact) mass is 540 g/mol. The SMILES string of the molecule is CC(c1cc(Br)cc(Br)c1)(c1cc(Br)cc(Br)c1)C(O)O. The summed E-state index contributed by atoms with van der Waals surface area (Å²) in [5, 5.41) is 20.1. The maximum absolute atomic E-state index is 10.0. The van der Waals surface area contributed by atoms with E-state index in [1.165, 1.54) is 0 Å². The molecule has 0 saturated heterocycles. The zero-order valence-corrected chi connectivity index (χ0v) is 17.3. The molecule has 2 rings (SSSR count). The van der Waals surface area contributed by atoms with Crippen LogP contribution in [0.5, 0.6) is 0 Å². The lowest BCUT2D eigenvalue weighted by Crippen LogP contribution is -2.37. The molecule has 21 heavy (non-hydrogen) atoms. The molecule has 0 aliphatic rings. The molecule has 0 heterocycles. The molecule has 2 N–H and O–H groups in total. The first kappa shape index (κ1) is 17.6. The summed E-state index contributed by atoms with van der Waals surface area (Å²) in [6.45, 7) is 1.81. The normalized spacial score (nSPS) is 12.0. The summed E-state index contributed by atoms with van der Waals surface area (Å²) in [6.07, 6.45) is -1.54. The standard InChI is InChI=1S/C15H12Br4O2/c1-15(14(20)21,8-2-10(16)6-11(17)3-8)9-4-12(18)7-13(19)5-9/h2-7,14,20-21H,1H3. The van der Waals surface area contributed by atoms with E-state index in [0.717, 1.165) is 29.0 Å². The fourth-order valence-corrected chi connectivity index (χ4v) is 4.76. The molecule has 0 aromatic heterocycles. The lowest BCUT2D eigenvalue weighted by molar-refractivity contribution is -0.0820. The van der Waals surface area contributed by atoms with Crippen molar-refractivity contribution in [2.24, 2.45) is 0 Å². The number of halogens is 4. The fourth-order valence-electron chi connectivity index (χ4n) is 2.17. The van der Waals surface area contributed by atoms with Crippen LogP contribution in [0.2, 0.25) is 0 Å². The minimum atomic E-state index is -1.54. The van der Waals surface area contributed by atoms with Crippen molar-refractivity contribution >= 4 is 63.7 Å². The molecule has 0 unspecified atom stereocenters. The molecule has 0 fully saturated rings. The average Bonchev–Trinajstić information content (AvgIpc) is 2.35. The van der Waals surface area contributed by atoms with E-state index < -0.39 is 11.7 Å². The molecule has 0 spiro atoms. The average molecular weight is 544 g/mol. The van der Waals surface area contributed by atoms with Crippen molar-refractivity contribution < 1.29 is 10.2 Å². The lowest BCUT2D eigenvalue weighted by atomic mass is 9.75. The Morgan fingerprint density at radius 2 is 1.00 bits per heavy atom. The van der Waals surface area contributed by atoms with Gasteiger partial charge in [-0.25, -0.2) is 0 Å². The van der Waals surface area contributed by atoms with E-state index >= 15 is 0 Å². The Labute approximate surface area is 157 Å². The predicted molar refractivity (Wildman–Crippen MR) is 98.4 cm³/mol. The van der Waals surface area contributed by atoms with Crippen LogP contribution in [-0.2, 0) is 5.41 Å². The van der Waals surface area contributed by atoms with Gasteiger partial charge in [0.2, 0.25) is 0 Å². The summed E-state index contributed by atoms with van der Waals surface area (Å²) in [7, 11) is 0. The predicted octanol–water partition coefficient (Wildman–Crippen LogP) is 5.35. The number of aliphatic hydroxyl groups excluding tert-OH is 1. The second-order valence-corrected chi connectivity index (χ2v) is 8.55. The zero-order chi connectivity index (χ0) is 15.8. The molecule has 2 aromatic rings. The summed E-state index contributed by atoms with van der Waals surface area (Å²) in [5.74, 6) is 0. The van der Waals surface area contributed by atoms with Crippen molar-refractivity contribution in [1.29, 1.82) is 0 Å². The van der Waals surface area contributed by atoms with Crippen molar-refractivity contribution in [1.82, 2.24) is 0 Å². The maximum Gasteiger partial charge on any atom is 0.165 e. The minimum absolute atomic E-state index is 0.795. The second kappa shape index (κ2) is 6.81. The molecule has 0 aliphatic heterocycles. The van der Waals surface area contributed by atoms with Gasteiger partial charge in [-0.05, 0) is 54.4 Å². The van der Waals surface area contributed by atoms with Gasteiger partial charge in [0.15, 0.2) is 6.29 Å². The molecule has 0 amide bonds. The first-order chi connectivity index (χ1) is 9.73. The smallest absolute Gasteiger partial charge is 0.165 e. The molecule has 0 radical (unpaired) electrons. The van der Waals surface area contributed by atoms with Gasteiger partial charge in [0, 0.05) is 17.9 Å². The summed E-state index contributed by atoms with van der Waals surface area (Å²) >= 11 is 13.8. The third-order valence-electron chi connectivity index (χ3n) is 3.44. The summed E-state index contributed by atoms with van der Waals surface area (Å²) in [5.41, 5.74) is 0.631. The Hall–Kier alpha value is 0.280. The highest BCUT2D eigenvalue weighted by Crippen LogP contribution is 2.39. The quantitative estimate of drug-likeness (QED) is 0.512. The number of hydrogen-bond donors (Lipinski definition) is 2. The van der Waals surface area contributed by atoms with E-state index in [0.29, 0.717) is 0 Å². The van der Waals surface area contributed by atoms with Gasteiger partial charge in [-0.1, -0.05) is 63.7 Å².